The van der Waals surface area contributed by atoms with E-state index in [1.54, 1.807) is 12.4 Å². The average molecular weight is 220 g/mol. The Morgan fingerprint density at radius 1 is 1.44 bits per heavy atom. The second-order valence-corrected chi connectivity index (χ2v) is 4.34. The summed E-state index contributed by atoms with van der Waals surface area (Å²) < 4.78 is 0. The molecule has 2 N–H and O–H groups in total. The lowest BCUT2D eigenvalue weighted by molar-refractivity contribution is 0.459. The van der Waals surface area contributed by atoms with E-state index in [4.69, 9.17) is 5.73 Å². The van der Waals surface area contributed by atoms with Gasteiger partial charge in [-0.2, -0.15) is 0 Å². The summed E-state index contributed by atoms with van der Waals surface area (Å²) in [5.74, 6) is 1.59. The Morgan fingerprint density at radius 3 is 2.94 bits per heavy atom. The number of anilines is 1. The maximum absolute atomic E-state index is 5.83. The van der Waals surface area contributed by atoms with Crippen LogP contribution in [0.5, 0.6) is 0 Å². The van der Waals surface area contributed by atoms with Gasteiger partial charge in [-0.3, -0.25) is 4.98 Å². The molecule has 0 bridgehead atoms. The van der Waals surface area contributed by atoms with E-state index in [-0.39, 0.29) is 0 Å². The highest BCUT2D eigenvalue weighted by molar-refractivity contribution is 5.37. The van der Waals surface area contributed by atoms with Crippen LogP contribution in [0.25, 0.3) is 0 Å². The van der Waals surface area contributed by atoms with E-state index in [1.165, 1.54) is 19.3 Å². The van der Waals surface area contributed by atoms with Gasteiger partial charge in [0.2, 0.25) is 0 Å². The number of rotatable bonds is 4. The minimum absolute atomic E-state index is 0.548. The molecule has 1 fully saturated rings. The quantitative estimate of drug-likeness (QED) is 0.834. The molecule has 2 rings (SSSR count). The first-order valence-electron chi connectivity index (χ1n) is 6.09. The monoisotopic (exact) mass is 220 g/mol. The van der Waals surface area contributed by atoms with Gasteiger partial charge in [0.15, 0.2) is 0 Å². The van der Waals surface area contributed by atoms with Crippen molar-refractivity contribution in [2.24, 2.45) is 11.7 Å². The molecule has 4 nitrogen and oxygen atoms in total. The summed E-state index contributed by atoms with van der Waals surface area (Å²) in [6.45, 7) is 3.92. The van der Waals surface area contributed by atoms with Gasteiger partial charge in [-0.25, -0.2) is 4.98 Å². The zero-order valence-electron chi connectivity index (χ0n) is 9.84. The van der Waals surface area contributed by atoms with Gasteiger partial charge in [0.25, 0.3) is 0 Å². The first-order chi connectivity index (χ1) is 7.86. The van der Waals surface area contributed by atoms with Crippen molar-refractivity contribution < 1.29 is 0 Å². The molecular formula is C12H20N4. The van der Waals surface area contributed by atoms with E-state index in [0.717, 1.165) is 18.9 Å². The number of hydrogen-bond donors (Lipinski definition) is 1. The molecule has 1 aromatic heterocycles. The van der Waals surface area contributed by atoms with Crippen molar-refractivity contribution in [3.05, 3.63) is 18.6 Å². The van der Waals surface area contributed by atoms with Gasteiger partial charge in [0, 0.05) is 25.0 Å². The Kier molecular flexibility index (Phi) is 3.72. The zero-order valence-corrected chi connectivity index (χ0v) is 9.84. The molecule has 16 heavy (non-hydrogen) atoms. The molecule has 2 atom stereocenters. The fourth-order valence-corrected chi connectivity index (χ4v) is 2.71. The SMILES string of the molecule is CCN(c1cnccn1)C1CCCC1CN. The molecule has 0 radical (unpaired) electrons. The van der Waals surface area contributed by atoms with E-state index in [1.807, 2.05) is 6.20 Å². The molecule has 1 saturated carbocycles. The fourth-order valence-electron chi connectivity index (χ4n) is 2.71. The van der Waals surface area contributed by atoms with Gasteiger partial charge >= 0.3 is 0 Å². The molecule has 0 saturated heterocycles. The summed E-state index contributed by atoms with van der Waals surface area (Å²) >= 11 is 0. The van der Waals surface area contributed by atoms with E-state index in [0.29, 0.717) is 12.0 Å². The summed E-state index contributed by atoms with van der Waals surface area (Å²) in [7, 11) is 0. The molecule has 1 aliphatic rings. The molecule has 2 unspecified atom stereocenters. The van der Waals surface area contributed by atoms with Crippen LogP contribution in [-0.4, -0.2) is 29.1 Å². The van der Waals surface area contributed by atoms with Gasteiger partial charge in [-0.1, -0.05) is 6.42 Å². The average Bonchev–Trinajstić information content (AvgIpc) is 2.80. The van der Waals surface area contributed by atoms with Crippen LogP contribution in [0.15, 0.2) is 18.6 Å². The second kappa shape index (κ2) is 5.25. The predicted molar refractivity (Wildman–Crippen MR) is 65.2 cm³/mol. The third kappa shape index (κ3) is 2.16. The molecule has 4 heteroatoms. The smallest absolute Gasteiger partial charge is 0.147 e. The van der Waals surface area contributed by atoms with E-state index >= 15 is 0 Å². The molecule has 0 aromatic carbocycles. The van der Waals surface area contributed by atoms with Crippen molar-refractivity contribution in [3.63, 3.8) is 0 Å². The zero-order chi connectivity index (χ0) is 11.4. The molecule has 88 valence electrons. The van der Waals surface area contributed by atoms with Crippen molar-refractivity contribution in [2.75, 3.05) is 18.0 Å². The Balaban J connectivity index is 2.16. The highest BCUT2D eigenvalue weighted by Crippen LogP contribution is 2.31. The fraction of sp³-hybridized carbons (Fsp3) is 0.667. The van der Waals surface area contributed by atoms with Crippen LogP contribution in [0.3, 0.4) is 0 Å². The van der Waals surface area contributed by atoms with Crippen LogP contribution in [0.4, 0.5) is 5.82 Å². The van der Waals surface area contributed by atoms with Crippen molar-refractivity contribution in [3.8, 4) is 0 Å². The number of nitrogens with two attached hydrogens (primary N) is 1. The van der Waals surface area contributed by atoms with Crippen LogP contribution in [0.1, 0.15) is 26.2 Å². The summed E-state index contributed by atoms with van der Waals surface area (Å²) in [6.07, 6.45) is 9.07. The molecule has 1 aliphatic carbocycles. The van der Waals surface area contributed by atoms with Gasteiger partial charge in [0.1, 0.15) is 5.82 Å². The molecular weight excluding hydrogens is 200 g/mol. The largest absolute Gasteiger partial charge is 0.352 e. The molecule has 0 spiro atoms. The number of nitrogens with zero attached hydrogens (tertiary/aromatic N) is 3. The Hall–Kier alpha value is -1.16. The van der Waals surface area contributed by atoms with Gasteiger partial charge in [-0.05, 0) is 32.2 Å². The van der Waals surface area contributed by atoms with Crippen LogP contribution in [-0.2, 0) is 0 Å². The van der Waals surface area contributed by atoms with E-state index in [9.17, 15) is 0 Å². The summed E-state index contributed by atoms with van der Waals surface area (Å²) in [5.41, 5.74) is 5.83. The third-order valence-electron chi connectivity index (χ3n) is 3.51. The molecule has 1 aromatic rings. The summed E-state index contributed by atoms with van der Waals surface area (Å²) in [4.78, 5) is 10.9. The van der Waals surface area contributed by atoms with E-state index in [2.05, 4.69) is 21.8 Å². The second-order valence-electron chi connectivity index (χ2n) is 4.34. The minimum Gasteiger partial charge on any atom is -0.352 e. The Labute approximate surface area is 96.9 Å². The van der Waals surface area contributed by atoms with Crippen molar-refractivity contribution >= 4 is 5.82 Å². The van der Waals surface area contributed by atoms with Gasteiger partial charge in [0.05, 0.1) is 6.20 Å². The van der Waals surface area contributed by atoms with Gasteiger partial charge in [-0.15, -0.1) is 0 Å². The van der Waals surface area contributed by atoms with Gasteiger partial charge < -0.3 is 10.6 Å². The molecule has 0 amide bonds. The molecule has 1 heterocycles. The Bertz CT molecular complexity index is 314. The van der Waals surface area contributed by atoms with E-state index < -0.39 is 0 Å². The van der Waals surface area contributed by atoms with Crippen LogP contribution >= 0.6 is 0 Å². The Morgan fingerprint density at radius 2 is 2.31 bits per heavy atom. The maximum Gasteiger partial charge on any atom is 0.147 e. The number of hydrogen-bond acceptors (Lipinski definition) is 4. The maximum atomic E-state index is 5.83. The third-order valence-corrected chi connectivity index (χ3v) is 3.51. The summed E-state index contributed by atoms with van der Waals surface area (Å²) in [6, 6.07) is 0.548. The lowest BCUT2D eigenvalue weighted by Crippen LogP contribution is -2.40. The normalized spacial score (nSPS) is 24.6. The highest BCUT2D eigenvalue weighted by Gasteiger charge is 2.31. The van der Waals surface area contributed by atoms with Crippen molar-refractivity contribution in [1.82, 2.24) is 9.97 Å². The first kappa shape index (κ1) is 11.3. The van der Waals surface area contributed by atoms with Crippen LogP contribution in [0, 0.1) is 5.92 Å². The highest BCUT2D eigenvalue weighted by atomic mass is 15.2. The predicted octanol–water partition coefficient (Wildman–Crippen LogP) is 1.43. The van der Waals surface area contributed by atoms with Crippen molar-refractivity contribution in [2.45, 2.75) is 32.2 Å². The number of aromatic nitrogens is 2. The van der Waals surface area contributed by atoms with Crippen LogP contribution in [0.2, 0.25) is 0 Å². The minimum atomic E-state index is 0.548. The lowest BCUT2D eigenvalue weighted by atomic mass is 10.0. The lowest BCUT2D eigenvalue weighted by Gasteiger charge is -2.32. The topological polar surface area (TPSA) is 55.0 Å². The summed E-state index contributed by atoms with van der Waals surface area (Å²) in [5, 5.41) is 0. The standard InChI is InChI=1S/C12H20N4/c1-2-16(12-9-14-6-7-15-12)11-5-3-4-10(11)8-13/h6-7,9-11H,2-5,8,13H2,1H3. The molecule has 0 aliphatic heterocycles. The first-order valence-corrected chi connectivity index (χ1v) is 6.09. The van der Waals surface area contributed by atoms with Crippen molar-refractivity contribution in [1.29, 1.82) is 0 Å². The van der Waals surface area contributed by atoms with Crippen LogP contribution < -0.4 is 10.6 Å².